The molecule has 1 aliphatic heterocycles. The van der Waals surface area contributed by atoms with Crippen LogP contribution in [0.15, 0.2) is 11.6 Å². The standard InChI is InChI=1S/C10H16O2/c1-7-3-4-8-5-9(7)12-6-10(8,2)11/h3,8-9,11H,4-6H2,1-2H3/t8-,9-,10+/m1/s1. The van der Waals surface area contributed by atoms with E-state index in [1.54, 1.807) is 0 Å². The number of hydrogen-bond donors (Lipinski definition) is 1. The van der Waals surface area contributed by atoms with Gasteiger partial charge < -0.3 is 9.84 Å². The normalized spacial score (nSPS) is 47.1. The molecule has 2 aliphatic rings. The number of hydrogen-bond acceptors (Lipinski definition) is 2. The van der Waals surface area contributed by atoms with Crippen LogP contribution in [0.25, 0.3) is 0 Å². The Bertz CT molecular complexity index is 218. The van der Waals surface area contributed by atoms with Gasteiger partial charge in [-0.15, -0.1) is 0 Å². The maximum Gasteiger partial charge on any atom is 0.0884 e. The fraction of sp³-hybridized carbons (Fsp3) is 0.800. The molecule has 0 aromatic rings. The van der Waals surface area contributed by atoms with E-state index in [2.05, 4.69) is 13.0 Å². The van der Waals surface area contributed by atoms with Gasteiger partial charge in [-0.05, 0) is 38.2 Å². The van der Waals surface area contributed by atoms with Gasteiger partial charge in [-0.2, -0.15) is 0 Å². The Morgan fingerprint density at radius 3 is 3.17 bits per heavy atom. The molecule has 1 fully saturated rings. The van der Waals surface area contributed by atoms with Crippen molar-refractivity contribution in [2.75, 3.05) is 6.61 Å². The van der Waals surface area contributed by atoms with Gasteiger partial charge in [0.25, 0.3) is 0 Å². The Balaban J connectivity index is 2.20. The third-order valence-electron chi connectivity index (χ3n) is 3.19. The Hall–Kier alpha value is -0.340. The summed E-state index contributed by atoms with van der Waals surface area (Å²) >= 11 is 0. The van der Waals surface area contributed by atoms with E-state index in [9.17, 15) is 5.11 Å². The molecule has 3 atom stereocenters. The van der Waals surface area contributed by atoms with Gasteiger partial charge in [-0.3, -0.25) is 0 Å². The zero-order valence-electron chi connectivity index (χ0n) is 7.71. The van der Waals surface area contributed by atoms with E-state index in [4.69, 9.17) is 4.74 Å². The van der Waals surface area contributed by atoms with Gasteiger partial charge in [0.05, 0.1) is 18.3 Å². The van der Waals surface area contributed by atoms with E-state index in [1.807, 2.05) is 6.92 Å². The second-order valence-corrected chi connectivity index (χ2v) is 4.27. The third-order valence-corrected chi connectivity index (χ3v) is 3.19. The molecule has 0 spiro atoms. The van der Waals surface area contributed by atoms with Crippen molar-refractivity contribution in [3.63, 3.8) is 0 Å². The molecule has 2 rings (SSSR count). The first-order valence-corrected chi connectivity index (χ1v) is 4.60. The highest BCUT2D eigenvalue weighted by atomic mass is 16.5. The summed E-state index contributed by atoms with van der Waals surface area (Å²) in [4.78, 5) is 0. The van der Waals surface area contributed by atoms with Crippen molar-refractivity contribution in [3.8, 4) is 0 Å². The molecule has 0 unspecified atom stereocenters. The van der Waals surface area contributed by atoms with E-state index in [1.165, 1.54) is 5.57 Å². The van der Waals surface area contributed by atoms with Crippen molar-refractivity contribution < 1.29 is 9.84 Å². The van der Waals surface area contributed by atoms with Gasteiger partial charge in [-0.25, -0.2) is 0 Å². The average Bonchev–Trinajstić information content (AvgIpc) is 2.02. The van der Waals surface area contributed by atoms with E-state index in [0.29, 0.717) is 12.5 Å². The van der Waals surface area contributed by atoms with Crippen LogP contribution >= 0.6 is 0 Å². The fourth-order valence-electron chi connectivity index (χ4n) is 2.09. The summed E-state index contributed by atoms with van der Waals surface area (Å²) < 4.78 is 5.56. The first-order valence-electron chi connectivity index (χ1n) is 4.60. The Morgan fingerprint density at radius 2 is 2.42 bits per heavy atom. The van der Waals surface area contributed by atoms with Gasteiger partial charge >= 0.3 is 0 Å². The number of rotatable bonds is 0. The van der Waals surface area contributed by atoms with Gasteiger partial charge in [-0.1, -0.05) is 6.08 Å². The molecule has 1 heterocycles. The Morgan fingerprint density at radius 1 is 1.67 bits per heavy atom. The predicted octanol–water partition coefficient (Wildman–Crippen LogP) is 1.49. The molecule has 0 aromatic heterocycles. The molecule has 2 heteroatoms. The first kappa shape index (κ1) is 8.27. The largest absolute Gasteiger partial charge is 0.387 e. The lowest BCUT2D eigenvalue weighted by atomic mass is 9.76. The van der Waals surface area contributed by atoms with Gasteiger partial charge in [0.2, 0.25) is 0 Å². The van der Waals surface area contributed by atoms with Crippen LogP contribution in [0.5, 0.6) is 0 Å². The lowest BCUT2D eigenvalue weighted by Gasteiger charge is -2.43. The maximum absolute atomic E-state index is 9.92. The smallest absolute Gasteiger partial charge is 0.0884 e. The lowest BCUT2D eigenvalue weighted by Crippen LogP contribution is -2.48. The molecule has 1 N–H and O–H groups in total. The summed E-state index contributed by atoms with van der Waals surface area (Å²) in [6.45, 7) is 4.48. The minimum Gasteiger partial charge on any atom is -0.387 e. The highest BCUT2D eigenvalue weighted by molar-refractivity contribution is 5.14. The van der Waals surface area contributed by atoms with E-state index < -0.39 is 5.60 Å². The molecule has 12 heavy (non-hydrogen) atoms. The number of allylic oxidation sites excluding steroid dienone is 1. The molecule has 2 bridgehead atoms. The molecule has 1 aliphatic carbocycles. The summed E-state index contributed by atoms with van der Waals surface area (Å²) in [6, 6.07) is 0. The zero-order chi connectivity index (χ0) is 8.77. The fourth-order valence-corrected chi connectivity index (χ4v) is 2.09. The molecule has 0 radical (unpaired) electrons. The topological polar surface area (TPSA) is 29.5 Å². The molecule has 0 aromatic carbocycles. The van der Waals surface area contributed by atoms with Crippen molar-refractivity contribution in [3.05, 3.63) is 11.6 Å². The predicted molar refractivity (Wildman–Crippen MR) is 46.8 cm³/mol. The molecular formula is C10H16O2. The summed E-state index contributed by atoms with van der Waals surface area (Å²) in [7, 11) is 0. The van der Waals surface area contributed by atoms with Crippen LogP contribution in [-0.4, -0.2) is 23.4 Å². The minimum absolute atomic E-state index is 0.281. The van der Waals surface area contributed by atoms with Crippen LogP contribution in [-0.2, 0) is 4.74 Å². The van der Waals surface area contributed by atoms with Gasteiger partial charge in [0.15, 0.2) is 0 Å². The van der Waals surface area contributed by atoms with Crippen LogP contribution in [0.3, 0.4) is 0 Å². The van der Waals surface area contributed by atoms with Crippen molar-refractivity contribution in [1.29, 1.82) is 0 Å². The molecule has 1 saturated heterocycles. The van der Waals surface area contributed by atoms with Gasteiger partial charge in [0, 0.05) is 0 Å². The average molecular weight is 168 g/mol. The quantitative estimate of drug-likeness (QED) is 0.555. The second kappa shape index (κ2) is 2.57. The first-order chi connectivity index (χ1) is 5.59. The van der Waals surface area contributed by atoms with Crippen molar-refractivity contribution in [1.82, 2.24) is 0 Å². The third kappa shape index (κ3) is 1.19. The second-order valence-electron chi connectivity index (χ2n) is 4.27. The monoisotopic (exact) mass is 168 g/mol. The van der Waals surface area contributed by atoms with Crippen molar-refractivity contribution in [2.24, 2.45) is 5.92 Å². The van der Waals surface area contributed by atoms with Crippen LogP contribution in [0.1, 0.15) is 26.7 Å². The van der Waals surface area contributed by atoms with E-state index >= 15 is 0 Å². The van der Waals surface area contributed by atoms with E-state index in [0.717, 1.165) is 12.8 Å². The highest BCUT2D eigenvalue weighted by Gasteiger charge is 2.40. The summed E-state index contributed by atoms with van der Waals surface area (Å²) in [5.74, 6) is 0.403. The lowest BCUT2D eigenvalue weighted by molar-refractivity contribution is -0.139. The summed E-state index contributed by atoms with van der Waals surface area (Å²) in [6.07, 6.45) is 4.49. The van der Waals surface area contributed by atoms with Crippen molar-refractivity contribution >= 4 is 0 Å². The Kier molecular flexibility index (Phi) is 1.77. The van der Waals surface area contributed by atoms with Crippen LogP contribution in [0.4, 0.5) is 0 Å². The molecular weight excluding hydrogens is 152 g/mol. The number of aliphatic hydroxyl groups is 1. The maximum atomic E-state index is 9.92. The van der Waals surface area contributed by atoms with Gasteiger partial charge in [0.1, 0.15) is 0 Å². The molecule has 2 nitrogen and oxygen atoms in total. The van der Waals surface area contributed by atoms with Crippen LogP contribution in [0, 0.1) is 5.92 Å². The van der Waals surface area contributed by atoms with E-state index in [-0.39, 0.29) is 6.10 Å². The summed E-state index contributed by atoms with van der Waals surface area (Å²) in [5.41, 5.74) is 0.731. The number of ether oxygens (including phenoxy) is 1. The van der Waals surface area contributed by atoms with Crippen LogP contribution < -0.4 is 0 Å². The highest BCUT2D eigenvalue weighted by Crippen LogP contribution is 2.38. The number of fused-ring (bicyclic) bond motifs is 2. The SMILES string of the molecule is CC1=CC[C@@H]2C[C@H]1OC[C@]2(C)O. The van der Waals surface area contributed by atoms with Crippen molar-refractivity contribution in [2.45, 2.75) is 38.4 Å². The zero-order valence-corrected chi connectivity index (χ0v) is 7.71. The molecule has 0 amide bonds. The minimum atomic E-state index is -0.603. The van der Waals surface area contributed by atoms with Crippen LogP contribution in [0.2, 0.25) is 0 Å². The molecule has 68 valence electrons. The Labute approximate surface area is 73.2 Å². The summed E-state index contributed by atoms with van der Waals surface area (Å²) in [5, 5.41) is 9.92. The molecule has 0 saturated carbocycles.